The number of Topliss-reactive ketones (excluding diaryl/α,β-unsaturated/α-hetero) is 1. The van der Waals surface area contributed by atoms with E-state index >= 15 is 0 Å². The zero-order valence-corrected chi connectivity index (χ0v) is 21.4. The van der Waals surface area contributed by atoms with Crippen LogP contribution in [-0.4, -0.2) is 81.4 Å². The zero-order valence-electron chi connectivity index (χ0n) is 21.4. The third-order valence-corrected chi connectivity index (χ3v) is 4.47. The summed E-state index contributed by atoms with van der Waals surface area (Å²) in [5.41, 5.74) is 0. The van der Waals surface area contributed by atoms with Gasteiger partial charge < -0.3 is 20.4 Å². The molecule has 0 aromatic heterocycles. The van der Waals surface area contributed by atoms with Crippen LogP contribution in [0.3, 0.4) is 0 Å². The first-order chi connectivity index (χ1) is 13.7. The molecule has 0 aromatic rings. The summed E-state index contributed by atoms with van der Waals surface area (Å²) in [6.45, 7) is 20.0. The van der Waals surface area contributed by atoms with E-state index in [9.17, 15) is 9.59 Å². The first kappa shape index (κ1) is 32.7. The van der Waals surface area contributed by atoms with E-state index in [0.717, 1.165) is 26.1 Å². The minimum Gasteiger partial charge on any atom is -0.355 e. The van der Waals surface area contributed by atoms with Gasteiger partial charge in [0.1, 0.15) is 5.78 Å². The maximum Gasteiger partial charge on any atom is 0.220 e. The molecule has 6 nitrogen and oxygen atoms in total. The molecule has 0 aliphatic rings. The van der Waals surface area contributed by atoms with Crippen LogP contribution in [0.4, 0.5) is 0 Å². The van der Waals surface area contributed by atoms with Crippen LogP contribution in [0, 0.1) is 11.8 Å². The van der Waals surface area contributed by atoms with E-state index in [-0.39, 0.29) is 29.9 Å². The van der Waals surface area contributed by atoms with Gasteiger partial charge in [-0.2, -0.15) is 0 Å². The van der Waals surface area contributed by atoms with Gasteiger partial charge >= 0.3 is 0 Å². The molecule has 2 N–H and O–H groups in total. The van der Waals surface area contributed by atoms with Crippen molar-refractivity contribution in [1.82, 2.24) is 20.4 Å². The second-order valence-electron chi connectivity index (χ2n) is 7.63. The van der Waals surface area contributed by atoms with Crippen molar-refractivity contribution < 1.29 is 9.59 Å². The van der Waals surface area contributed by atoms with E-state index in [0.29, 0.717) is 19.1 Å². The Morgan fingerprint density at radius 2 is 1.45 bits per heavy atom. The summed E-state index contributed by atoms with van der Waals surface area (Å²) in [7, 11) is 6.15. The number of rotatable bonds is 14. The van der Waals surface area contributed by atoms with E-state index in [1.54, 1.807) is 0 Å². The number of amides is 1. The summed E-state index contributed by atoms with van der Waals surface area (Å²) in [5.74, 6) is -0.172. The minimum atomic E-state index is -0.250. The van der Waals surface area contributed by atoms with Crippen LogP contribution >= 0.6 is 0 Å². The second kappa shape index (κ2) is 21.7. The van der Waals surface area contributed by atoms with Crippen molar-refractivity contribution in [3.63, 3.8) is 0 Å². The topological polar surface area (TPSA) is 64.7 Å². The van der Waals surface area contributed by atoms with Gasteiger partial charge in [0, 0.05) is 57.0 Å². The van der Waals surface area contributed by atoms with Crippen LogP contribution in [0.1, 0.15) is 68.2 Å². The molecule has 2 atom stereocenters. The van der Waals surface area contributed by atoms with Crippen LogP contribution < -0.4 is 10.6 Å². The lowest BCUT2D eigenvalue weighted by Gasteiger charge is -2.22. The molecule has 0 saturated carbocycles. The monoisotopic (exact) mass is 416 g/mol. The fourth-order valence-electron chi connectivity index (χ4n) is 2.40. The van der Waals surface area contributed by atoms with Gasteiger partial charge in [-0.25, -0.2) is 0 Å². The summed E-state index contributed by atoms with van der Waals surface area (Å²) >= 11 is 0. The fourth-order valence-corrected chi connectivity index (χ4v) is 2.40. The van der Waals surface area contributed by atoms with Crippen LogP contribution in [0.25, 0.3) is 0 Å². The predicted octanol–water partition coefficient (Wildman–Crippen LogP) is 3.27. The van der Waals surface area contributed by atoms with Gasteiger partial charge in [-0.15, -0.1) is 0 Å². The predicted molar refractivity (Wildman–Crippen MR) is 127 cm³/mol. The minimum absolute atomic E-state index is 0.0361. The van der Waals surface area contributed by atoms with E-state index in [4.69, 9.17) is 0 Å². The molecular weight excluding hydrogens is 364 g/mol. The van der Waals surface area contributed by atoms with Crippen molar-refractivity contribution >= 4 is 11.7 Å². The fraction of sp³-hybridized carbons (Fsp3) is 0.913. The van der Waals surface area contributed by atoms with E-state index in [1.807, 2.05) is 41.5 Å². The molecule has 0 rings (SSSR count). The average Bonchev–Trinajstić information content (AvgIpc) is 2.71. The van der Waals surface area contributed by atoms with E-state index < -0.39 is 0 Å². The van der Waals surface area contributed by atoms with Gasteiger partial charge in [0.2, 0.25) is 5.91 Å². The molecule has 0 fully saturated rings. The third-order valence-electron chi connectivity index (χ3n) is 4.47. The number of ketones is 1. The molecule has 0 radical (unpaired) electrons. The highest BCUT2D eigenvalue weighted by atomic mass is 16.2. The number of carbonyl (C=O) groups excluding carboxylic acids is 2. The van der Waals surface area contributed by atoms with Crippen molar-refractivity contribution in [2.24, 2.45) is 11.8 Å². The summed E-state index contributed by atoms with van der Waals surface area (Å²) in [6.07, 6.45) is 1.27. The Balaban J connectivity index is -0.00000158. The summed E-state index contributed by atoms with van der Waals surface area (Å²) in [6, 6.07) is 0.357. The van der Waals surface area contributed by atoms with Crippen LogP contribution in [0.15, 0.2) is 0 Å². The van der Waals surface area contributed by atoms with Crippen molar-refractivity contribution in [2.75, 3.05) is 53.9 Å². The molecule has 0 heterocycles. The molecule has 0 aromatic carbocycles. The molecule has 29 heavy (non-hydrogen) atoms. The number of likely N-dealkylation sites (N-methyl/N-ethyl adjacent to an activating group) is 2. The molecule has 1 amide bonds. The second-order valence-corrected chi connectivity index (χ2v) is 7.63. The van der Waals surface area contributed by atoms with E-state index in [1.165, 1.54) is 0 Å². The van der Waals surface area contributed by atoms with Crippen molar-refractivity contribution in [3.05, 3.63) is 0 Å². The number of hydrogen-bond acceptors (Lipinski definition) is 5. The molecule has 6 heteroatoms. The third kappa shape index (κ3) is 20.1. The molecular formula is C23H52N4O2. The maximum atomic E-state index is 12.4. The molecule has 0 saturated heterocycles. The van der Waals surface area contributed by atoms with Crippen LogP contribution in [0.5, 0.6) is 0 Å². The van der Waals surface area contributed by atoms with Gasteiger partial charge in [-0.3, -0.25) is 9.59 Å². The Morgan fingerprint density at radius 3 is 1.90 bits per heavy atom. The highest BCUT2D eigenvalue weighted by molar-refractivity contribution is 5.88. The lowest BCUT2D eigenvalue weighted by atomic mass is 9.91. The number of hydrogen-bond donors (Lipinski definition) is 2. The summed E-state index contributed by atoms with van der Waals surface area (Å²) in [5, 5.41) is 6.31. The Labute approximate surface area is 182 Å². The van der Waals surface area contributed by atoms with Gasteiger partial charge in [-0.1, -0.05) is 48.5 Å². The lowest BCUT2D eigenvalue weighted by molar-refractivity contribution is -0.130. The van der Waals surface area contributed by atoms with Gasteiger partial charge in [0.05, 0.1) is 0 Å². The Kier molecular flexibility index (Phi) is 24.5. The number of nitrogens with zero attached hydrogens (tertiary/aromatic N) is 2. The van der Waals surface area contributed by atoms with Crippen LogP contribution in [-0.2, 0) is 9.59 Å². The van der Waals surface area contributed by atoms with Gasteiger partial charge in [0.15, 0.2) is 0 Å². The first-order valence-corrected chi connectivity index (χ1v) is 11.5. The standard InChI is InChI=1S/C19H40N4O2.2C2H6/c1-8-16(4)21-14-17(19(25)15(2)3)13-18(24)20-9-10-23(7)12-11-22(5)6;2*1-2/h15-17,21H,8-14H2,1-7H3,(H,20,24);2*1-2H3. The van der Waals surface area contributed by atoms with E-state index in [2.05, 4.69) is 55.4 Å². The van der Waals surface area contributed by atoms with Crippen LogP contribution in [0.2, 0.25) is 0 Å². The van der Waals surface area contributed by atoms with Gasteiger partial charge in [-0.05, 0) is 34.5 Å². The van der Waals surface area contributed by atoms with Crippen molar-refractivity contribution in [3.8, 4) is 0 Å². The maximum absolute atomic E-state index is 12.4. The molecule has 0 aliphatic heterocycles. The molecule has 0 bridgehead atoms. The highest BCUT2D eigenvalue weighted by Crippen LogP contribution is 2.11. The van der Waals surface area contributed by atoms with Gasteiger partial charge in [0.25, 0.3) is 0 Å². The molecule has 176 valence electrons. The molecule has 0 aliphatic carbocycles. The Hall–Kier alpha value is -0.980. The number of carbonyl (C=O) groups is 2. The Morgan fingerprint density at radius 1 is 0.897 bits per heavy atom. The summed E-state index contributed by atoms with van der Waals surface area (Å²) in [4.78, 5) is 28.9. The van der Waals surface area contributed by atoms with Crippen molar-refractivity contribution in [1.29, 1.82) is 0 Å². The normalized spacial score (nSPS) is 12.6. The zero-order chi connectivity index (χ0) is 23.4. The Bertz CT molecular complexity index is 387. The average molecular weight is 417 g/mol. The smallest absolute Gasteiger partial charge is 0.220 e. The molecule has 2 unspecified atom stereocenters. The molecule has 0 spiro atoms. The number of nitrogens with one attached hydrogen (secondary N) is 2. The SMILES string of the molecule is CC.CC.CCC(C)NCC(CC(=O)NCCN(C)CCN(C)C)C(=O)C(C)C. The first-order valence-electron chi connectivity index (χ1n) is 11.5. The van der Waals surface area contributed by atoms with Crippen molar-refractivity contribution in [2.45, 2.75) is 74.3 Å². The quantitative estimate of drug-likeness (QED) is 0.455. The lowest BCUT2D eigenvalue weighted by Crippen LogP contribution is -2.40. The summed E-state index contributed by atoms with van der Waals surface area (Å²) < 4.78 is 0. The largest absolute Gasteiger partial charge is 0.355 e. The highest BCUT2D eigenvalue weighted by Gasteiger charge is 2.24.